The van der Waals surface area contributed by atoms with Gasteiger partial charge in [0.15, 0.2) is 0 Å². The van der Waals surface area contributed by atoms with Crippen LogP contribution in [0.1, 0.15) is 25.7 Å². The van der Waals surface area contributed by atoms with Crippen LogP contribution < -0.4 is 14.4 Å². The average molecular weight is 260 g/mol. The maximum Gasteiger partial charge on any atom is 0.145 e. The number of hydrogen-bond acceptors (Lipinski definition) is 4. The molecule has 1 saturated heterocycles. The van der Waals surface area contributed by atoms with Gasteiger partial charge in [-0.1, -0.05) is 0 Å². The molecule has 0 radical (unpaired) electrons. The van der Waals surface area contributed by atoms with Crippen molar-refractivity contribution in [2.45, 2.75) is 31.7 Å². The van der Waals surface area contributed by atoms with Crippen LogP contribution in [0.15, 0.2) is 18.2 Å². The second kappa shape index (κ2) is 6.33. The van der Waals surface area contributed by atoms with E-state index < -0.39 is 0 Å². The molecule has 0 bridgehead atoms. The van der Waals surface area contributed by atoms with Crippen LogP contribution in [0, 0.1) is 11.3 Å². The maximum atomic E-state index is 8.96. The fourth-order valence-electron chi connectivity index (χ4n) is 2.66. The van der Waals surface area contributed by atoms with Gasteiger partial charge in [0, 0.05) is 18.7 Å². The lowest BCUT2D eigenvalue weighted by Crippen LogP contribution is -2.39. The van der Waals surface area contributed by atoms with Crippen molar-refractivity contribution in [1.29, 1.82) is 5.26 Å². The molecule has 1 atom stereocenters. The molecule has 0 aliphatic carbocycles. The van der Waals surface area contributed by atoms with E-state index in [2.05, 4.69) is 11.0 Å². The molecular weight excluding hydrogens is 240 g/mol. The molecule has 1 aromatic rings. The minimum atomic E-state index is 0.293. The van der Waals surface area contributed by atoms with E-state index in [0.717, 1.165) is 36.6 Å². The van der Waals surface area contributed by atoms with Crippen LogP contribution in [-0.2, 0) is 0 Å². The third-order valence-corrected chi connectivity index (χ3v) is 3.65. The first-order valence-corrected chi connectivity index (χ1v) is 6.65. The fourth-order valence-corrected chi connectivity index (χ4v) is 2.66. The zero-order chi connectivity index (χ0) is 13.7. The second-order valence-corrected chi connectivity index (χ2v) is 4.74. The van der Waals surface area contributed by atoms with E-state index in [1.807, 2.05) is 18.2 Å². The lowest BCUT2D eigenvalue weighted by molar-refractivity contribution is 0.389. The molecule has 1 unspecified atom stereocenters. The van der Waals surface area contributed by atoms with Crippen molar-refractivity contribution in [3.05, 3.63) is 18.2 Å². The van der Waals surface area contributed by atoms with E-state index >= 15 is 0 Å². The molecule has 1 fully saturated rings. The quantitative estimate of drug-likeness (QED) is 0.835. The van der Waals surface area contributed by atoms with Crippen LogP contribution in [-0.4, -0.2) is 26.8 Å². The number of piperidine rings is 1. The number of anilines is 1. The second-order valence-electron chi connectivity index (χ2n) is 4.74. The summed E-state index contributed by atoms with van der Waals surface area (Å²) in [6.45, 7) is 0.981. The molecule has 0 aromatic heterocycles. The molecule has 0 spiro atoms. The molecule has 19 heavy (non-hydrogen) atoms. The molecule has 102 valence electrons. The third kappa shape index (κ3) is 2.93. The van der Waals surface area contributed by atoms with Crippen LogP contribution in [0.25, 0.3) is 0 Å². The molecule has 0 N–H and O–H groups in total. The van der Waals surface area contributed by atoms with Gasteiger partial charge in [0.2, 0.25) is 0 Å². The smallest absolute Gasteiger partial charge is 0.145 e. The van der Waals surface area contributed by atoms with Gasteiger partial charge < -0.3 is 14.4 Å². The van der Waals surface area contributed by atoms with Crippen molar-refractivity contribution in [2.75, 3.05) is 25.7 Å². The number of methoxy groups -OCH3 is 2. The van der Waals surface area contributed by atoms with E-state index in [4.69, 9.17) is 14.7 Å². The van der Waals surface area contributed by atoms with Gasteiger partial charge in [0.25, 0.3) is 0 Å². The van der Waals surface area contributed by atoms with Crippen LogP contribution >= 0.6 is 0 Å². The summed E-state index contributed by atoms with van der Waals surface area (Å²) >= 11 is 0. The highest BCUT2D eigenvalue weighted by atomic mass is 16.5. The number of nitriles is 1. The summed E-state index contributed by atoms with van der Waals surface area (Å²) < 4.78 is 10.7. The lowest BCUT2D eigenvalue weighted by atomic mass is 9.99. The molecule has 1 aliphatic rings. The van der Waals surface area contributed by atoms with Gasteiger partial charge >= 0.3 is 0 Å². The summed E-state index contributed by atoms with van der Waals surface area (Å²) in [7, 11) is 3.31. The van der Waals surface area contributed by atoms with E-state index in [1.54, 1.807) is 14.2 Å². The normalized spacial score (nSPS) is 18.8. The van der Waals surface area contributed by atoms with Gasteiger partial charge in [-0.05, 0) is 31.4 Å². The SMILES string of the molecule is COc1ccc(N2CCCCC2CC#N)c(OC)c1. The van der Waals surface area contributed by atoms with Crippen molar-refractivity contribution in [2.24, 2.45) is 0 Å². The lowest BCUT2D eigenvalue weighted by Gasteiger charge is -2.37. The Labute approximate surface area is 114 Å². The van der Waals surface area contributed by atoms with Gasteiger partial charge in [-0.15, -0.1) is 0 Å². The molecule has 2 rings (SSSR count). The number of nitrogens with zero attached hydrogens (tertiary/aromatic N) is 2. The van der Waals surface area contributed by atoms with Gasteiger partial charge in [0.1, 0.15) is 11.5 Å². The molecule has 0 amide bonds. The number of hydrogen-bond donors (Lipinski definition) is 0. The van der Waals surface area contributed by atoms with Gasteiger partial charge in [-0.25, -0.2) is 0 Å². The van der Waals surface area contributed by atoms with Gasteiger partial charge in [-0.3, -0.25) is 0 Å². The van der Waals surface area contributed by atoms with E-state index in [9.17, 15) is 0 Å². The summed E-state index contributed by atoms with van der Waals surface area (Å²) in [4.78, 5) is 2.30. The fraction of sp³-hybridized carbons (Fsp3) is 0.533. The molecule has 4 heteroatoms. The number of rotatable bonds is 4. The zero-order valence-electron chi connectivity index (χ0n) is 11.6. The van der Waals surface area contributed by atoms with Gasteiger partial charge in [-0.2, -0.15) is 5.26 Å². The maximum absolute atomic E-state index is 8.96. The summed E-state index contributed by atoms with van der Waals surface area (Å²) in [6.07, 6.45) is 4.00. The Bertz CT molecular complexity index is 468. The Hall–Kier alpha value is -1.89. The minimum Gasteiger partial charge on any atom is -0.497 e. The van der Waals surface area contributed by atoms with Crippen molar-refractivity contribution in [3.8, 4) is 17.6 Å². The van der Waals surface area contributed by atoms with Gasteiger partial charge in [0.05, 0.1) is 32.4 Å². The summed E-state index contributed by atoms with van der Waals surface area (Å²) in [5, 5.41) is 8.96. The standard InChI is InChI=1S/C15H20N2O2/c1-18-13-6-7-14(15(11-13)19-2)17-10-4-3-5-12(17)8-9-16/h6-7,11-12H,3-5,8,10H2,1-2H3. The first-order valence-electron chi connectivity index (χ1n) is 6.65. The van der Waals surface area contributed by atoms with Crippen LogP contribution in [0.3, 0.4) is 0 Å². The van der Waals surface area contributed by atoms with Crippen molar-refractivity contribution in [3.63, 3.8) is 0 Å². The first kappa shape index (κ1) is 13.5. The molecule has 1 heterocycles. The van der Waals surface area contributed by atoms with Crippen molar-refractivity contribution in [1.82, 2.24) is 0 Å². The first-order chi connectivity index (χ1) is 9.30. The topological polar surface area (TPSA) is 45.5 Å². The third-order valence-electron chi connectivity index (χ3n) is 3.65. The highest BCUT2D eigenvalue weighted by Crippen LogP contribution is 2.36. The molecule has 0 saturated carbocycles. The van der Waals surface area contributed by atoms with Crippen LogP contribution in [0.4, 0.5) is 5.69 Å². The number of ether oxygens (including phenoxy) is 2. The monoisotopic (exact) mass is 260 g/mol. The predicted octanol–water partition coefficient (Wildman–Crippen LogP) is 2.98. The Morgan fingerprint density at radius 1 is 1.32 bits per heavy atom. The summed E-state index contributed by atoms with van der Waals surface area (Å²) in [5.74, 6) is 1.60. The Morgan fingerprint density at radius 3 is 2.84 bits per heavy atom. The Kier molecular flexibility index (Phi) is 4.51. The zero-order valence-corrected chi connectivity index (χ0v) is 11.6. The van der Waals surface area contributed by atoms with Crippen LogP contribution in [0.2, 0.25) is 0 Å². The molecule has 1 aliphatic heterocycles. The van der Waals surface area contributed by atoms with Crippen molar-refractivity contribution < 1.29 is 9.47 Å². The Balaban J connectivity index is 2.30. The largest absolute Gasteiger partial charge is 0.497 e. The molecule has 1 aromatic carbocycles. The Morgan fingerprint density at radius 2 is 2.16 bits per heavy atom. The highest BCUT2D eigenvalue weighted by Gasteiger charge is 2.24. The predicted molar refractivity (Wildman–Crippen MR) is 74.8 cm³/mol. The molecule has 4 nitrogen and oxygen atoms in total. The summed E-state index contributed by atoms with van der Waals surface area (Å²) in [6, 6.07) is 8.44. The van der Waals surface area contributed by atoms with Crippen molar-refractivity contribution >= 4 is 5.69 Å². The van der Waals surface area contributed by atoms with Crippen LogP contribution in [0.5, 0.6) is 11.5 Å². The highest BCUT2D eigenvalue weighted by molar-refractivity contribution is 5.62. The van der Waals surface area contributed by atoms with E-state index in [1.165, 1.54) is 6.42 Å². The number of benzene rings is 1. The molecular formula is C15H20N2O2. The average Bonchev–Trinajstić information content (AvgIpc) is 2.47. The minimum absolute atomic E-state index is 0.293. The van der Waals surface area contributed by atoms with E-state index in [-0.39, 0.29) is 0 Å². The van der Waals surface area contributed by atoms with E-state index in [0.29, 0.717) is 12.5 Å². The summed E-state index contributed by atoms with van der Waals surface area (Å²) in [5.41, 5.74) is 1.06.